The van der Waals surface area contributed by atoms with Gasteiger partial charge in [-0.1, -0.05) is 43.7 Å². The van der Waals surface area contributed by atoms with E-state index in [0.29, 0.717) is 6.42 Å². The van der Waals surface area contributed by atoms with Crippen molar-refractivity contribution in [2.75, 3.05) is 0 Å². The Morgan fingerprint density at radius 3 is 2.71 bits per heavy atom. The minimum atomic E-state index is -0.299. The molecular formula is C15H18O2. The van der Waals surface area contributed by atoms with Gasteiger partial charge in [-0.15, -0.1) is 0 Å². The Kier molecular flexibility index (Phi) is 3.32. The van der Waals surface area contributed by atoms with Crippen LogP contribution in [0, 0.1) is 0 Å². The largest absolute Gasteiger partial charge is 0.456 e. The molecule has 1 saturated heterocycles. The van der Waals surface area contributed by atoms with E-state index in [1.54, 1.807) is 0 Å². The van der Waals surface area contributed by atoms with Gasteiger partial charge in [-0.3, -0.25) is 0 Å². The van der Waals surface area contributed by atoms with Crippen molar-refractivity contribution in [3.05, 3.63) is 41.5 Å². The second-order valence-electron chi connectivity index (χ2n) is 4.85. The van der Waals surface area contributed by atoms with Crippen molar-refractivity contribution < 1.29 is 9.53 Å². The molecule has 1 heterocycles. The van der Waals surface area contributed by atoms with E-state index in [1.807, 2.05) is 43.3 Å². The van der Waals surface area contributed by atoms with Crippen LogP contribution < -0.4 is 0 Å². The van der Waals surface area contributed by atoms with Crippen LogP contribution in [0.1, 0.15) is 38.7 Å². The molecule has 0 N–H and O–H groups in total. The van der Waals surface area contributed by atoms with E-state index in [2.05, 4.69) is 6.92 Å². The third-order valence-corrected chi connectivity index (χ3v) is 3.08. The minimum absolute atomic E-state index is 0.162. The fraction of sp³-hybridized carbons (Fsp3) is 0.400. The molecule has 1 unspecified atom stereocenters. The van der Waals surface area contributed by atoms with Gasteiger partial charge in [0.05, 0.1) is 0 Å². The Hall–Kier alpha value is -1.57. The smallest absolute Gasteiger partial charge is 0.334 e. The van der Waals surface area contributed by atoms with Crippen LogP contribution in [0.15, 0.2) is 35.9 Å². The van der Waals surface area contributed by atoms with Gasteiger partial charge in [0.25, 0.3) is 0 Å². The Balaban J connectivity index is 2.19. The molecule has 2 nitrogen and oxygen atoms in total. The van der Waals surface area contributed by atoms with E-state index in [4.69, 9.17) is 4.74 Å². The molecular weight excluding hydrogens is 212 g/mol. The highest BCUT2D eigenvalue weighted by Gasteiger charge is 2.38. The maximum atomic E-state index is 11.8. The van der Waals surface area contributed by atoms with Crippen molar-refractivity contribution in [2.24, 2.45) is 0 Å². The topological polar surface area (TPSA) is 26.3 Å². The lowest BCUT2D eigenvalue weighted by atomic mass is 9.94. The van der Waals surface area contributed by atoms with Crippen molar-refractivity contribution in [1.29, 1.82) is 0 Å². The molecule has 1 aromatic rings. The van der Waals surface area contributed by atoms with E-state index in [-0.39, 0.29) is 11.6 Å². The van der Waals surface area contributed by atoms with Crippen LogP contribution in [0.25, 0.3) is 6.08 Å². The number of benzene rings is 1. The highest BCUT2D eigenvalue weighted by Crippen LogP contribution is 2.35. The first-order valence-electron chi connectivity index (χ1n) is 6.12. The summed E-state index contributed by atoms with van der Waals surface area (Å²) < 4.78 is 5.47. The van der Waals surface area contributed by atoms with E-state index < -0.39 is 0 Å². The van der Waals surface area contributed by atoms with Gasteiger partial charge < -0.3 is 4.74 Å². The predicted molar refractivity (Wildman–Crippen MR) is 68.4 cm³/mol. The second-order valence-corrected chi connectivity index (χ2v) is 4.85. The van der Waals surface area contributed by atoms with E-state index in [9.17, 15) is 4.79 Å². The fourth-order valence-corrected chi connectivity index (χ4v) is 2.33. The third-order valence-electron chi connectivity index (χ3n) is 3.08. The summed E-state index contributed by atoms with van der Waals surface area (Å²) in [6.45, 7) is 4.12. The van der Waals surface area contributed by atoms with Crippen LogP contribution in [0.3, 0.4) is 0 Å². The lowest BCUT2D eigenvalue weighted by molar-refractivity contribution is -0.145. The summed E-state index contributed by atoms with van der Waals surface area (Å²) in [7, 11) is 0. The van der Waals surface area contributed by atoms with Crippen LogP contribution >= 0.6 is 0 Å². The summed E-state index contributed by atoms with van der Waals surface area (Å²) >= 11 is 0. The first-order valence-corrected chi connectivity index (χ1v) is 6.12. The average Bonchev–Trinajstić information content (AvgIpc) is 2.56. The van der Waals surface area contributed by atoms with E-state index in [1.165, 1.54) is 0 Å². The zero-order chi connectivity index (χ0) is 12.3. The first-order chi connectivity index (χ1) is 8.13. The SMILES string of the molecule is CCCC1(C)C/C(=C\c2ccccc2)C(=O)O1. The third kappa shape index (κ3) is 2.76. The van der Waals surface area contributed by atoms with Gasteiger partial charge in [-0.05, 0) is 25.0 Å². The molecule has 2 heteroatoms. The maximum absolute atomic E-state index is 11.8. The number of ether oxygens (including phenoxy) is 1. The maximum Gasteiger partial charge on any atom is 0.334 e. The van der Waals surface area contributed by atoms with Crippen molar-refractivity contribution in [2.45, 2.75) is 38.7 Å². The number of cyclic esters (lactones) is 1. The average molecular weight is 230 g/mol. The number of carbonyl (C=O) groups is 1. The van der Waals surface area contributed by atoms with E-state index >= 15 is 0 Å². The van der Waals surface area contributed by atoms with Crippen molar-refractivity contribution in [1.82, 2.24) is 0 Å². The molecule has 0 saturated carbocycles. The monoisotopic (exact) mass is 230 g/mol. The molecule has 0 radical (unpaired) electrons. The van der Waals surface area contributed by atoms with Crippen LogP contribution in [-0.4, -0.2) is 11.6 Å². The normalized spacial score (nSPS) is 26.2. The van der Waals surface area contributed by atoms with Crippen molar-refractivity contribution in [3.8, 4) is 0 Å². The number of hydrogen-bond donors (Lipinski definition) is 0. The molecule has 0 amide bonds. The number of carbonyl (C=O) groups excluding carboxylic acids is 1. The molecule has 0 spiro atoms. The Morgan fingerprint density at radius 1 is 1.35 bits per heavy atom. The fourth-order valence-electron chi connectivity index (χ4n) is 2.33. The van der Waals surface area contributed by atoms with Gasteiger partial charge in [0.1, 0.15) is 5.60 Å². The highest BCUT2D eigenvalue weighted by atomic mass is 16.6. The summed E-state index contributed by atoms with van der Waals surface area (Å²) in [5.74, 6) is -0.162. The van der Waals surface area contributed by atoms with Gasteiger partial charge in [-0.2, -0.15) is 0 Å². The van der Waals surface area contributed by atoms with Gasteiger partial charge in [0.2, 0.25) is 0 Å². The van der Waals surface area contributed by atoms with Gasteiger partial charge in [-0.25, -0.2) is 4.79 Å². The predicted octanol–water partition coefficient (Wildman–Crippen LogP) is 3.58. The number of esters is 1. The van der Waals surface area contributed by atoms with Crippen LogP contribution in [0.5, 0.6) is 0 Å². The zero-order valence-electron chi connectivity index (χ0n) is 10.4. The molecule has 17 heavy (non-hydrogen) atoms. The molecule has 1 aromatic carbocycles. The zero-order valence-corrected chi connectivity index (χ0v) is 10.4. The molecule has 0 bridgehead atoms. The summed E-state index contributed by atoms with van der Waals surface area (Å²) in [4.78, 5) is 11.8. The molecule has 1 fully saturated rings. The molecule has 90 valence electrons. The standard InChI is InChI=1S/C15H18O2/c1-3-9-15(2)11-13(14(16)17-15)10-12-7-5-4-6-8-12/h4-8,10H,3,9,11H2,1-2H3/b13-10+. The molecule has 0 aliphatic carbocycles. The van der Waals surface area contributed by atoms with E-state index in [0.717, 1.165) is 24.0 Å². The van der Waals surface area contributed by atoms with Gasteiger partial charge in [0.15, 0.2) is 0 Å². The molecule has 2 rings (SSSR count). The summed E-state index contributed by atoms with van der Waals surface area (Å²) in [5, 5.41) is 0. The lowest BCUT2D eigenvalue weighted by Crippen LogP contribution is -2.22. The molecule has 1 atom stereocenters. The Bertz CT molecular complexity index is 433. The molecule has 1 aliphatic rings. The summed E-state index contributed by atoms with van der Waals surface area (Å²) in [6, 6.07) is 9.90. The van der Waals surface area contributed by atoms with Gasteiger partial charge in [0, 0.05) is 12.0 Å². The number of rotatable bonds is 3. The highest BCUT2D eigenvalue weighted by molar-refractivity contribution is 5.96. The van der Waals surface area contributed by atoms with Crippen molar-refractivity contribution in [3.63, 3.8) is 0 Å². The number of hydrogen-bond acceptors (Lipinski definition) is 2. The van der Waals surface area contributed by atoms with Crippen molar-refractivity contribution >= 4 is 12.0 Å². The first kappa shape index (κ1) is 11.9. The summed E-state index contributed by atoms with van der Waals surface area (Å²) in [6.07, 6.45) is 4.60. The van der Waals surface area contributed by atoms with Gasteiger partial charge >= 0.3 is 5.97 Å². The van der Waals surface area contributed by atoms with Crippen LogP contribution in [-0.2, 0) is 9.53 Å². The molecule has 1 aliphatic heterocycles. The second kappa shape index (κ2) is 4.74. The Morgan fingerprint density at radius 2 is 2.06 bits per heavy atom. The quantitative estimate of drug-likeness (QED) is 0.586. The van der Waals surface area contributed by atoms with Crippen LogP contribution in [0.4, 0.5) is 0 Å². The van der Waals surface area contributed by atoms with Crippen LogP contribution in [0.2, 0.25) is 0 Å². The Labute approximate surface area is 102 Å². The lowest BCUT2D eigenvalue weighted by Gasteiger charge is -2.20. The summed E-state index contributed by atoms with van der Waals surface area (Å²) in [5.41, 5.74) is 1.54. The minimum Gasteiger partial charge on any atom is -0.456 e. The molecule has 0 aromatic heterocycles.